The van der Waals surface area contributed by atoms with Crippen molar-refractivity contribution in [1.29, 1.82) is 0 Å². The summed E-state index contributed by atoms with van der Waals surface area (Å²) in [5.41, 5.74) is 5.42. The van der Waals surface area contributed by atoms with E-state index in [0.717, 1.165) is 18.9 Å². The topological polar surface area (TPSA) is 26.0 Å². The average Bonchev–Trinajstić information content (AvgIpc) is 2.01. The van der Waals surface area contributed by atoms with Crippen molar-refractivity contribution in [3.8, 4) is 0 Å². The second-order valence-corrected chi connectivity index (χ2v) is 3.26. The molecule has 0 aromatic carbocycles. The number of unbranched alkanes of at least 4 members (excludes halogenated alkanes) is 1. The van der Waals surface area contributed by atoms with Gasteiger partial charge in [-0.2, -0.15) is 0 Å². The van der Waals surface area contributed by atoms with Gasteiger partial charge >= 0.3 is 0 Å². The van der Waals surface area contributed by atoms with E-state index in [-0.39, 0.29) is 0 Å². The molecule has 0 amide bonds. The molecule has 1 unspecified atom stereocenters. The molecule has 0 saturated heterocycles. The molecule has 0 radical (unpaired) electrons. The molecular weight excluding hydrogens is 134 g/mol. The lowest BCUT2D eigenvalue weighted by molar-refractivity contribution is 0.465. The fourth-order valence-corrected chi connectivity index (χ4v) is 1.22. The standard InChI is InChI=1S/C10H21N/c1-3-4-5-7-10(2)8-6-9-11/h3,10H,1,4-9,11H2,2H3. The lowest BCUT2D eigenvalue weighted by Crippen LogP contribution is -2.02. The molecule has 2 N–H and O–H groups in total. The van der Waals surface area contributed by atoms with Gasteiger partial charge in [-0.25, -0.2) is 0 Å². The van der Waals surface area contributed by atoms with E-state index in [1.165, 1.54) is 25.7 Å². The number of hydrogen-bond donors (Lipinski definition) is 1. The van der Waals surface area contributed by atoms with Crippen molar-refractivity contribution in [2.24, 2.45) is 11.7 Å². The molecule has 0 saturated carbocycles. The Bertz CT molecular complexity index is 88.9. The van der Waals surface area contributed by atoms with Gasteiger partial charge < -0.3 is 5.73 Å². The third kappa shape index (κ3) is 7.60. The first-order chi connectivity index (χ1) is 5.31. The summed E-state index contributed by atoms with van der Waals surface area (Å²) in [5, 5.41) is 0. The number of hydrogen-bond acceptors (Lipinski definition) is 1. The molecule has 0 aliphatic heterocycles. The van der Waals surface area contributed by atoms with Crippen LogP contribution in [0.2, 0.25) is 0 Å². The Balaban J connectivity index is 3.08. The molecule has 1 nitrogen and oxygen atoms in total. The molecule has 0 aromatic heterocycles. The van der Waals surface area contributed by atoms with Crippen molar-refractivity contribution in [3.05, 3.63) is 12.7 Å². The normalized spacial score (nSPS) is 12.9. The lowest BCUT2D eigenvalue weighted by Gasteiger charge is -2.08. The van der Waals surface area contributed by atoms with Crippen LogP contribution >= 0.6 is 0 Å². The summed E-state index contributed by atoms with van der Waals surface area (Å²) in [6, 6.07) is 0. The van der Waals surface area contributed by atoms with Crippen LogP contribution in [0.1, 0.15) is 39.0 Å². The maximum atomic E-state index is 5.42. The van der Waals surface area contributed by atoms with Gasteiger partial charge in [0.2, 0.25) is 0 Å². The Hall–Kier alpha value is -0.300. The van der Waals surface area contributed by atoms with Gasteiger partial charge in [-0.15, -0.1) is 6.58 Å². The number of rotatable bonds is 7. The molecule has 0 heterocycles. The molecule has 0 aromatic rings. The summed E-state index contributed by atoms with van der Waals surface area (Å²) in [6.07, 6.45) is 8.23. The van der Waals surface area contributed by atoms with Crippen LogP contribution in [0.5, 0.6) is 0 Å². The Morgan fingerprint density at radius 1 is 1.36 bits per heavy atom. The van der Waals surface area contributed by atoms with E-state index in [1.54, 1.807) is 0 Å². The summed E-state index contributed by atoms with van der Waals surface area (Å²) in [7, 11) is 0. The maximum Gasteiger partial charge on any atom is -0.00772 e. The monoisotopic (exact) mass is 155 g/mol. The van der Waals surface area contributed by atoms with E-state index in [1.807, 2.05) is 6.08 Å². The molecule has 0 aliphatic rings. The van der Waals surface area contributed by atoms with E-state index < -0.39 is 0 Å². The minimum absolute atomic E-state index is 0.839. The molecule has 0 bridgehead atoms. The third-order valence-electron chi connectivity index (χ3n) is 2.01. The van der Waals surface area contributed by atoms with Crippen molar-refractivity contribution >= 4 is 0 Å². The fourth-order valence-electron chi connectivity index (χ4n) is 1.22. The predicted molar refractivity (Wildman–Crippen MR) is 51.5 cm³/mol. The zero-order valence-corrected chi connectivity index (χ0v) is 7.68. The Kier molecular flexibility index (Phi) is 7.59. The molecular formula is C10H21N. The van der Waals surface area contributed by atoms with Crippen molar-refractivity contribution in [1.82, 2.24) is 0 Å². The molecule has 0 fully saturated rings. The summed E-state index contributed by atoms with van der Waals surface area (Å²) in [5.74, 6) is 0.846. The van der Waals surface area contributed by atoms with E-state index in [0.29, 0.717) is 0 Å². The summed E-state index contributed by atoms with van der Waals surface area (Å²) >= 11 is 0. The number of allylic oxidation sites excluding steroid dienone is 1. The van der Waals surface area contributed by atoms with Gasteiger partial charge in [-0.1, -0.05) is 19.4 Å². The molecule has 0 rings (SSSR count). The SMILES string of the molecule is C=CCCCC(C)CCCN. The largest absolute Gasteiger partial charge is 0.330 e. The first kappa shape index (κ1) is 10.7. The molecule has 0 spiro atoms. The van der Waals surface area contributed by atoms with Crippen molar-refractivity contribution in [2.45, 2.75) is 39.0 Å². The quantitative estimate of drug-likeness (QED) is 0.444. The Morgan fingerprint density at radius 2 is 2.00 bits per heavy atom. The number of nitrogens with two attached hydrogens (primary N) is 1. The Morgan fingerprint density at radius 3 is 2.55 bits per heavy atom. The van der Waals surface area contributed by atoms with Crippen LogP contribution in [-0.4, -0.2) is 6.54 Å². The zero-order valence-electron chi connectivity index (χ0n) is 7.68. The first-order valence-corrected chi connectivity index (χ1v) is 4.62. The van der Waals surface area contributed by atoms with E-state index in [2.05, 4.69) is 13.5 Å². The molecule has 1 heteroatoms. The molecule has 0 aliphatic carbocycles. The minimum atomic E-state index is 0.839. The van der Waals surface area contributed by atoms with Gasteiger partial charge in [0, 0.05) is 0 Å². The van der Waals surface area contributed by atoms with Crippen molar-refractivity contribution < 1.29 is 0 Å². The van der Waals surface area contributed by atoms with Crippen LogP contribution in [0.15, 0.2) is 12.7 Å². The van der Waals surface area contributed by atoms with Crippen LogP contribution < -0.4 is 5.73 Å². The fraction of sp³-hybridized carbons (Fsp3) is 0.800. The second kappa shape index (κ2) is 7.80. The van der Waals surface area contributed by atoms with E-state index in [4.69, 9.17) is 5.73 Å². The van der Waals surface area contributed by atoms with Crippen molar-refractivity contribution in [3.63, 3.8) is 0 Å². The van der Waals surface area contributed by atoms with Crippen LogP contribution in [-0.2, 0) is 0 Å². The smallest absolute Gasteiger partial charge is 0.00772 e. The highest BCUT2D eigenvalue weighted by Gasteiger charge is 1.99. The van der Waals surface area contributed by atoms with Crippen LogP contribution in [0.3, 0.4) is 0 Å². The third-order valence-corrected chi connectivity index (χ3v) is 2.01. The van der Waals surface area contributed by atoms with Gasteiger partial charge in [0.15, 0.2) is 0 Å². The maximum absolute atomic E-state index is 5.42. The van der Waals surface area contributed by atoms with E-state index >= 15 is 0 Å². The van der Waals surface area contributed by atoms with Gasteiger partial charge in [0.25, 0.3) is 0 Å². The van der Waals surface area contributed by atoms with Crippen LogP contribution in [0, 0.1) is 5.92 Å². The summed E-state index contributed by atoms with van der Waals surface area (Å²) < 4.78 is 0. The first-order valence-electron chi connectivity index (χ1n) is 4.62. The highest BCUT2D eigenvalue weighted by Crippen LogP contribution is 2.13. The minimum Gasteiger partial charge on any atom is -0.330 e. The molecule has 1 atom stereocenters. The Labute approximate surface area is 70.7 Å². The second-order valence-electron chi connectivity index (χ2n) is 3.26. The highest BCUT2D eigenvalue weighted by atomic mass is 14.5. The molecule has 11 heavy (non-hydrogen) atoms. The van der Waals surface area contributed by atoms with Gasteiger partial charge in [-0.3, -0.25) is 0 Å². The van der Waals surface area contributed by atoms with Gasteiger partial charge in [0.05, 0.1) is 0 Å². The van der Waals surface area contributed by atoms with Gasteiger partial charge in [0.1, 0.15) is 0 Å². The van der Waals surface area contributed by atoms with Gasteiger partial charge in [-0.05, 0) is 38.1 Å². The average molecular weight is 155 g/mol. The lowest BCUT2D eigenvalue weighted by atomic mass is 9.99. The zero-order chi connectivity index (χ0) is 8.53. The van der Waals surface area contributed by atoms with Crippen LogP contribution in [0.4, 0.5) is 0 Å². The molecule has 66 valence electrons. The highest BCUT2D eigenvalue weighted by molar-refractivity contribution is 4.66. The van der Waals surface area contributed by atoms with Crippen molar-refractivity contribution in [2.75, 3.05) is 6.54 Å². The predicted octanol–water partition coefficient (Wildman–Crippen LogP) is 2.72. The summed E-state index contributed by atoms with van der Waals surface area (Å²) in [4.78, 5) is 0. The summed E-state index contributed by atoms with van der Waals surface area (Å²) in [6.45, 7) is 6.84. The van der Waals surface area contributed by atoms with E-state index in [9.17, 15) is 0 Å². The van der Waals surface area contributed by atoms with Crippen LogP contribution in [0.25, 0.3) is 0 Å².